The number of rotatable bonds is 6. The Morgan fingerprint density at radius 1 is 1.12 bits per heavy atom. The quantitative estimate of drug-likeness (QED) is 0.601. The minimum Gasteiger partial charge on any atom is -0.484 e. The molecule has 5 aliphatic rings. The van der Waals surface area contributed by atoms with E-state index in [1.54, 1.807) is 0 Å². The Morgan fingerprint density at radius 2 is 1.88 bits per heavy atom. The Bertz CT molecular complexity index is 881. The molecule has 5 fully saturated rings. The van der Waals surface area contributed by atoms with Crippen molar-refractivity contribution in [2.75, 3.05) is 6.61 Å². The monoisotopic (exact) mass is 465 g/mol. The smallest absolute Gasteiger partial charge is 0.258 e. The molecular weight excluding hydrogens is 437 g/mol. The molecule has 4 unspecified atom stereocenters. The topological polar surface area (TPSA) is 88.7 Å². The van der Waals surface area contributed by atoms with Crippen LogP contribution in [0.25, 0.3) is 0 Å². The molecule has 0 spiro atoms. The van der Waals surface area contributed by atoms with Gasteiger partial charge in [-0.3, -0.25) is 14.4 Å². The molecular formula is C23H29ClFN3O4. The van der Waals surface area contributed by atoms with Gasteiger partial charge in [-0.2, -0.15) is 5.48 Å². The van der Waals surface area contributed by atoms with Crippen molar-refractivity contribution in [1.29, 1.82) is 0 Å². The number of ether oxygens (including phenoxy) is 1. The first-order chi connectivity index (χ1) is 15.5. The Kier molecular flexibility index (Phi) is 6.27. The predicted molar refractivity (Wildman–Crippen MR) is 115 cm³/mol. The summed E-state index contributed by atoms with van der Waals surface area (Å²) in [5.41, 5.74) is 3.05. The number of fused-ring (bicyclic) bond motifs is 3. The molecule has 9 heteroatoms. The maximum absolute atomic E-state index is 13.5. The summed E-state index contributed by atoms with van der Waals surface area (Å²) in [4.78, 5) is 31.0. The highest BCUT2D eigenvalue weighted by molar-refractivity contribution is 6.30. The van der Waals surface area contributed by atoms with Crippen molar-refractivity contribution in [3.8, 4) is 5.75 Å². The average molecular weight is 466 g/mol. The number of carbonyl (C=O) groups excluding carboxylic acids is 2. The van der Waals surface area contributed by atoms with Crippen LogP contribution >= 0.6 is 11.6 Å². The number of carbonyl (C=O) groups is 2. The lowest BCUT2D eigenvalue weighted by atomic mass is 9.60. The van der Waals surface area contributed by atoms with Crippen molar-refractivity contribution < 1.29 is 23.6 Å². The second kappa shape index (κ2) is 9.15. The first kappa shape index (κ1) is 21.9. The van der Waals surface area contributed by atoms with E-state index in [4.69, 9.17) is 21.2 Å². The molecule has 1 aromatic rings. The van der Waals surface area contributed by atoms with Crippen molar-refractivity contribution in [1.82, 2.24) is 16.1 Å². The molecule has 32 heavy (non-hydrogen) atoms. The van der Waals surface area contributed by atoms with Gasteiger partial charge in [0.05, 0.1) is 5.02 Å². The molecule has 2 bridgehead atoms. The summed E-state index contributed by atoms with van der Waals surface area (Å²) in [7, 11) is 0. The van der Waals surface area contributed by atoms with E-state index in [2.05, 4.69) is 16.1 Å². The molecule has 1 saturated heterocycles. The van der Waals surface area contributed by atoms with E-state index in [1.165, 1.54) is 18.6 Å². The molecule has 2 amide bonds. The lowest BCUT2D eigenvalue weighted by molar-refractivity contribution is -0.137. The molecule has 174 valence electrons. The van der Waals surface area contributed by atoms with Gasteiger partial charge in [0.25, 0.3) is 11.8 Å². The number of hydroxylamine groups is 1. The van der Waals surface area contributed by atoms with Crippen molar-refractivity contribution in [2.24, 2.45) is 17.8 Å². The molecule has 1 aromatic carbocycles. The van der Waals surface area contributed by atoms with Gasteiger partial charge >= 0.3 is 0 Å². The van der Waals surface area contributed by atoms with Crippen LogP contribution in [0.1, 0.15) is 44.9 Å². The number of benzene rings is 1. The Hall–Kier alpha value is -1.90. The first-order valence-electron chi connectivity index (χ1n) is 11.6. The third-order valence-electron chi connectivity index (χ3n) is 7.61. The third-order valence-corrected chi connectivity index (χ3v) is 7.91. The van der Waals surface area contributed by atoms with Crippen LogP contribution in [0.2, 0.25) is 5.02 Å². The van der Waals surface area contributed by atoms with Gasteiger partial charge in [0.1, 0.15) is 11.6 Å². The number of nitrogens with one attached hydrogen (secondary N) is 3. The van der Waals surface area contributed by atoms with E-state index in [0.717, 1.165) is 38.2 Å². The van der Waals surface area contributed by atoms with Crippen LogP contribution in [0, 0.1) is 23.6 Å². The fraction of sp³-hybridized carbons (Fsp3) is 0.652. The molecule has 1 heterocycles. The molecule has 3 N–H and O–H groups in total. The molecule has 4 saturated carbocycles. The number of hydrogen-bond acceptors (Lipinski definition) is 5. The summed E-state index contributed by atoms with van der Waals surface area (Å²) in [6, 6.07) is 4.39. The lowest BCUT2D eigenvalue weighted by Crippen LogP contribution is -2.61. The van der Waals surface area contributed by atoms with E-state index in [0.29, 0.717) is 18.3 Å². The number of amides is 2. The van der Waals surface area contributed by atoms with Gasteiger partial charge in [0.15, 0.2) is 12.7 Å². The number of hydrogen-bond donors (Lipinski definition) is 3. The van der Waals surface area contributed by atoms with Crippen molar-refractivity contribution >= 4 is 23.4 Å². The van der Waals surface area contributed by atoms with Crippen molar-refractivity contribution in [3.63, 3.8) is 0 Å². The summed E-state index contributed by atoms with van der Waals surface area (Å²) in [5, 5.41) is 6.26. The van der Waals surface area contributed by atoms with Crippen LogP contribution in [-0.4, -0.2) is 42.7 Å². The van der Waals surface area contributed by atoms with Gasteiger partial charge in [0, 0.05) is 30.1 Å². The highest BCUT2D eigenvalue weighted by Crippen LogP contribution is 2.46. The molecule has 1 aliphatic heterocycles. The van der Waals surface area contributed by atoms with Crippen LogP contribution in [0.3, 0.4) is 0 Å². The minimum atomic E-state index is -0.586. The largest absolute Gasteiger partial charge is 0.484 e. The maximum atomic E-state index is 13.5. The fourth-order valence-electron chi connectivity index (χ4n) is 5.77. The molecule has 7 nitrogen and oxygen atoms in total. The van der Waals surface area contributed by atoms with Gasteiger partial charge in [-0.05, 0) is 56.1 Å². The van der Waals surface area contributed by atoms with Gasteiger partial charge in [-0.15, -0.1) is 0 Å². The lowest BCUT2D eigenvalue weighted by Gasteiger charge is -2.51. The zero-order valence-electron chi connectivity index (χ0n) is 17.8. The normalized spacial score (nSPS) is 35.4. The Labute approximate surface area is 191 Å². The van der Waals surface area contributed by atoms with Gasteiger partial charge < -0.3 is 15.4 Å². The Morgan fingerprint density at radius 3 is 2.66 bits per heavy atom. The first-order valence-corrected chi connectivity index (χ1v) is 11.9. The summed E-state index contributed by atoms with van der Waals surface area (Å²) < 4.78 is 18.9. The number of halogens is 2. The highest BCUT2D eigenvalue weighted by atomic mass is 35.5. The van der Waals surface area contributed by atoms with Gasteiger partial charge in [0.2, 0.25) is 0 Å². The van der Waals surface area contributed by atoms with Crippen LogP contribution in [0.15, 0.2) is 18.2 Å². The van der Waals surface area contributed by atoms with Gasteiger partial charge in [-0.1, -0.05) is 24.4 Å². The van der Waals surface area contributed by atoms with E-state index >= 15 is 0 Å². The second-order valence-electron chi connectivity index (χ2n) is 9.59. The van der Waals surface area contributed by atoms with E-state index in [1.807, 2.05) is 0 Å². The summed E-state index contributed by atoms with van der Waals surface area (Å²) in [5.74, 6) is 0.503. The zero-order valence-corrected chi connectivity index (χ0v) is 18.6. The molecule has 0 aromatic heterocycles. The average Bonchev–Trinajstić information content (AvgIpc) is 3.18. The molecule has 5 atom stereocenters. The Balaban J connectivity index is 1.12. The van der Waals surface area contributed by atoms with E-state index < -0.39 is 11.9 Å². The van der Waals surface area contributed by atoms with E-state index in [9.17, 15) is 14.0 Å². The molecule has 4 aliphatic carbocycles. The van der Waals surface area contributed by atoms with Crippen LogP contribution in [0.5, 0.6) is 5.75 Å². The standard InChI is InChI=1S/C23H29ClFN3O4/c24-16-6-5-14(9-17(16)25)31-11-21(29)26-19-10-20(13-7-12(19)8-13)27-23(30)22-15-3-1-2-4-18(15)28-32-22/h5-6,9,12-13,15,18-20,22,28H,1-4,7-8,10-11H2,(H,26,29)(H,27,30)/t12?,13?,15?,18?,19?,20-,22?/m0/s1. The van der Waals surface area contributed by atoms with E-state index in [-0.39, 0.29) is 53.2 Å². The molecule has 6 rings (SSSR count). The maximum Gasteiger partial charge on any atom is 0.258 e. The third kappa shape index (κ3) is 4.45. The zero-order chi connectivity index (χ0) is 22.2. The predicted octanol–water partition coefficient (Wildman–Crippen LogP) is 2.72. The van der Waals surface area contributed by atoms with Crippen molar-refractivity contribution in [2.45, 2.75) is 69.2 Å². The van der Waals surface area contributed by atoms with Crippen LogP contribution < -0.4 is 20.9 Å². The SMILES string of the molecule is O=C(COc1ccc(Cl)c(F)c1)NC1C[C@H](NC(=O)C2ONC3CCCCC32)C2CC1C2. The second-order valence-corrected chi connectivity index (χ2v) is 10.00. The molecule has 0 radical (unpaired) electrons. The van der Waals surface area contributed by atoms with Gasteiger partial charge in [-0.25, -0.2) is 4.39 Å². The van der Waals surface area contributed by atoms with Crippen LogP contribution in [-0.2, 0) is 14.4 Å². The fourth-order valence-corrected chi connectivity index (χ4v) is 5.89. The summed E-state index contributed by atoms with van der Waals surface area (Å²) >= 11 is 5.67. The van der Waals surface area contributed by atoms with Crippen molar-refractivity contribution in [3.05, 3.63) is 29.0 Å². The summed E-state index contributed by atoms with van der Waals surface area (Å²) in [6.07, 6.45) is 6.65. The van der Waals surface area contributed by atoms with Crippen LogP contribution in [0.4, 0.5) is 4.39 Å². The summed E-state index contributed by atoms with van der Waals surface area (Å²) in [6.45, 7) is -0.199. The highest BCUT2D eigenvalue weighted by Gasteiger charge is 2.49. The minimum absolute atomic E-state index is 0.00611.